The van der Waals surface area contributed by atoms with E-state index in [-0.39, 0.29) is 0 Å². The Kier molecular flexibility index (Phi) is 3.96. The molecule has 2 aromatic rings. The molecule has 1 aromatic heterocycles. The minimum Gasteiger partial charge on any atom is -0.496 e. The van der Waals surface area contributed by atoms with Crippen molar-refractivity contribution in [2.75, 3.05) is 12.4 Å². The van der Waals surface area contributed by atoms with E-state index in [9.17, 15) is 0 Å². The molecule has 0 aliphatic carbocycles. The fourth-order valence-corrected chi connectivity index (χ4v) is 2.27. The number of ether oxygens (including phenoxy) is 1. The molecule has 0 aliphatic rings. The third-order valence-corrected chi connectivity index (χ3v) is 3.42. The number of hydrogen-bond donors (Lipinski definition) is 3. The summed E-state index contributed by atoms with van der Waals surface area (Å²) in [6, 6.07) is 9.47. The molecule has 0 saturated carbocycles. The minimum atomic E-state index is 0.387. The van der Waals surface area contributed by atoms with E-state index in [0.29, 0.717) is 12.4 Å². The molecule has 5 heteroatoms. The molecule has 0 bridgehead atoms. The quantitative estimate of drug-likeness (QED) is 0.585. The minimum absolute atomic E-state index is 0.387. The van der Waals surface area contributed by atoms with E-state index >= 15 is 0 Å². The van der Waals surface area contributed by atoms with Crippen LogP contribution in [0.3, 0.4) is 0 Å². The Labute approximate surface area is 110 Å². The fraction of sp³-hybridized carbons (Fsp3) is 0.154. The summed E-state index contributed by atoms with van der Waals surface area (Å²) in [5.74, 6) is 1.16. The van der Waals surface area contributed by atoms with E-state index in [4.69, 9.17) is 15.9 Å². The average molecular weight is 261 g/mol. The van der Waals surface area contributed by atoms with Crippen LogP contribution in [0.1, 0.15) is 10.4 Å². The van der Waals surface area contributed by atoms with Crippen molar-refractivity contribution in [3.63, 3.8) is 0 Å². The molecule has 94 valence electrons. The van der Waals surface area contributed by atoms with Gasteiger partial charge in [-0.25, -0.2) is 0 Å². The number of methoxy groups -OCH3 is 1. The molecule has 0 saturated heterocycles. The van der Waals surface area contributed by atoms with Crippen molar-refractivity contribution in [3.8, 4) is 5.75 Å². The Morgan fingerprint density at radius 1 is 1.44 bits per heavy atom. The van der Waals surface area contributed by atoms with Crippen molar-refractivity contribution in [1.82, 2.24) is 0 Å². The van der Waals surface area contributed by atoms with Crippen LogP contribution in [0.2, 0.25) is 0 Å². The first-order valence-corrected chi connectivity index (χ1v) is 6.39. The molecule has 4 N–H and O–H groups in total. The molecule has 18 heavy (non-hydrogen) atoms. The lowest BCUT2D eigenvalue weighted by Crippen LogP contribution is -2.11. The molecule has 2 rings (SSSR count). The lowest BCUT2D eigenvalue weighted by molar-refractivity contribution is 0.410. The SMILES string of the molecule is COc1ccc(NC(=N)c2cccs2)cc1CN. The summed E-state index contributed by atoms with van der Waals surface area (Å²) in [5.41, 5.74) is 7.42. The Bertz CT molecular complexity index is 537. The number of hydrogen-bond acceptors (Lipinski definition) is 4. The second kappa shape index (κ2) is 5.66. The normalized spacial score (nSPS) is 10.1. The number of anilines is 1. The van der Waals surface area contributed by atoms with E-state index in [1.165, 1.54) is 11.3 Å². The predicted molar refractivity (Wildman–Crippen MR) is 75.7 cm³/mol. The van der Waals surface area contributed by atoms with Gasteiger partial charge in [-0.15, -0.1) is 11.3 Å². The van der Waals surface area contributed by atoms with Crippen LogP contribution in [0.5, 0.6) is 5.75 Å². The molecule has 0 aliphatic heterocycles. The molecule has 0 atom stereocenters. The highest BCUT2D eigenvalue weighted by atomic mass is 32.1. The van der Waals surface area contributed by atoms with Gasteiger partial charge in [-0.2, -0.15) is 0 Å². The highest BCUT2D eigenvalue weighted by molar-refractivity contribution is 7.12. The Hall–Kier alpha value is -1.85. The lowest BCUT2D eigenvalue weighted by Gasteiger charge is -2.11. The summed E-state index contributed by atoms with van der Waals surface area (Å²) < 4.78 is 5.21. The smallest absolute Gasteiger partial charge is 0.140 e. The van der Waals surface area contributed by atoms with Crippen LogP contribution in [-0.4, -0.2) is 12.9 Å². The molecule has 0 spiro atoms. The van der Waals surface area contributed by atoms with Crippen LogP contribution in [0.25, 0.3) is 0 Å². The van der Waals surface area contributed by atoms with Gasteiger partial charge in [-0.1, -0.05) is 6.07 Å². The lowest BCUT2D eigenvalue weighted by atomic mass is 10.1. The fourth-order valence-electron chi connectivity index (χ4n) is 1.64. The van der Waals surface area contributed by atoms with Crippen LogP contribution < -0.4 is 15.8 Å². The maximum Gasteiger partial charge on any atom is 0.140 e. The molecule has 0 radical (unpaired) electrons. The zero-order valence-electron chi connectivity index (χ0n) is 10.1. The van der Waals surface area contributed by atoms with Crippen LogP contribution in [0.15, 0.2) is 35.7 Å². The van der Waals surface area contributed by atoms with E-state index < -0.39 is 0 Å². The summed E-state index contributed by atoms with van der Waals surface area (Å²) in [7, 11) is 1.62. The highest BCUT2D eigenvalue weighted by Crippen LogP contribution is 2.22. The van der Waals surface area contributed by atoms with E-state index in [1.54, 1.807) is 7.11 Å². The number of thiophene rings is 1. The summed E-state index contributed by atoms with van der Waals surface area (Å²) >= 11 is 1.53. The molecule has 0 amide bonds. The van der Waals surface area contributed by atoms with E-state index in [1.807, 2.05) is 35.7 Å². The van der Waals surface area contributed by atoms with Gasteiger partial charge in [-0.05, 0) is 29.6 Å². The first-order chi connectivity index (χ1) is 8.74. The molecule has 1 aromatic carbocycles. The molecule has 4 nitrogen and oxygen atoms in total. The molecule has 1 heterocycles. The van der Waals surface area contributed by atoms with Crippen molar-refractivity contribution < 1.29 is 4.74 Å². The van der Waals surface area contributed by atoms with Gasteiger partial charge in [0.05, 0.1) is 12.0 Å². The Morgan fingerprint density at radius 2 is 2.28 bits per heavy atom. The van der Waals surface area contributed by atoms with Gasteiger partial charge in [0.1, 0.15) is 11.6 Å². The van der Waals surface area contributed by atoms with E-state index in [0.717, 1.165) is 21.9 Å². The number of nitrogens with two attached hydrogens (primary N) is 1. The van der Waals surface area contributed by atoms with Crippen molar-refractivity contribution in [1.29, 1.82) is 5.41 Å². The summed E-state index contributed by atoms with van der Waals surface area (Å²) in [6.07, 6.45) is 0. The topological polar surface area (TPSA) is 71.1 Å². The highest BCUT2D eigenvalue weighted by Gasteiger charge is 2.06. The van der Waals surface area contributed by atoms with Gasteiger partial charge >= 0.3 is 0 Å². The van der Waals surface area contributed by atoms with Gasteiger partial charge in [0.2, 0.25) is 0 Å². The first kappa shape index (κ1) is 12.6. The van der Waals surface area contributed by atoms with Crippen molar-refractivity contribution >= 4 is 22.9 Å². The van der Waals surface area contributed by atoms with Gasteiger partial charge in [0.25, 0.3) is 0 Å². The average Bonchev–Trinajstić information content (AvgIpc) is 2.92. The summed E-state index contributed by atoms with van der Waals surface area (Å²) in [5, 5.41) is 12.9. The third-order valence-electron chi connectivity index (χ3n) is 2.54. The zero-order chi connectivity index (χ0) is 13.0. The van der Waals surface area contributed by atoms with Crippen molar-refractivity contribution in [3.05, 3.63) is 46.2 Å². The van der Waals surface area contributed by atoms with Crippen LogP contribution in [0, 0.1) is 5.41 Å². The standard InChI is InChI=1S/C13H15N3OS/c1-17-11-5-4-10(7-9(11)8-14)16-13(15)12-3-2-6-18-12/h2-7H,8,14H2,1H3,(H2,15,16). The van der Waals surface area contributed by atoms with Crippen LogP contribution in [0.4, 0.5) is 5.69 Å². The second-order valence-corrected chi connectivity index (χ2v) is 4.66. The van der Waals surface area contributed by atoms with Crippen molar-refractivity contribution in [2.45, 2.75) is 6.54 Å². The third kappa shape index (κ3) is 2.69. The molecular weight excluding hydrogens is 246 g/mol. The predicted octanol–water partition coefficient (Wildman–Crippen LogP) is 2.65. The monoisotopic (exact) mass is 261 g/mol. The maximum atomic E-state index is 7.95. The van der Waals surface area contributed by atoms with Crippen molar-refractivity contribution in [2.24, 2.45) is 5.73 Å². The van der Waals surface area contributed by atoms with Gasteiger partial charge < -0.3 is 15.8 Å². The number of nitrogens with one attached hydrogen (secondary N) is 2. The summed E-state index contributed by atoms with van der Waals surface area (Å²) in [6.45, 7) is 0.408. The number of benzene rings is 1. The second-order valence-electron chi connectivity index (χ2n) is 3.71. The Morgan fingerprint density at radius 3 is 2.89 bits per heavy atom. The van der Waals surface area contributed by atoms with Crippen LogP contribution >= 0.6 is 11.3 Å². The molecule has 0 unspecified atom stereocenters. The maximum absolute atomic E-state index is 7.95. The number of rotatable bonds is 4. The van der Waals surface area contributed by atoms with Gasteiger partial charge in [-0.3, -0.25) is 5.41 Å². The zero-order valence-corrected chi connectivity index (χ0v) is 10.9. The largest absolute Gasteiger partial charge is 0.496 e. The van der Waals surface area contributed by atoms with Crippen LogP contribution in [-0.2, 0) is 6.54 Å². The van der Waals surface area contributed by atoms with E-state index in [2.05, 4.69) is 5.32 Å². The van der Waals surface area contributed by atoms with Gasteiger partial charge in [0, 0.05) is 17.8 Å². The Balaban J connectivity index is 2.17. The van der Waals surface area contributed by atoms with Gasteiger partial charge in [0.15, 0.2) is 0 Å². The molecular formula is C13H15N3OS. The molecule has 0 fully saturated rings. The number of amidine groups is 1. The first-order valence-electron chi connectivity index (χ1n) is 5.51. The summed E-state index contributed by atoms with van der Waals surface area (Å²) in [4.78, 5) is 0.903.